The van der Waals surface area contributed by atoms with E-state index in [0.29, 0.717) is 37.2 Å². The summed E-state index contributed by atoms with van der Waals surface area (Å²) in [7, 11) is 0. The molecule has 2 fully saturated rings. The normalized spacial score (nSPS) is 25.3. The van der Waals surface area contributed by atoms with Gasteiger partial charge in [-0.1, -0.05) is 6.07 Å². The number of benzene rings is 2. The smallest absolute Gasteiger partial charge is 0.487 e. The summed E-state index contributed by atoms with van der Waals surface area (Å²) in [6, 6.07) is 5.99. The highest BCUT2D eigenvalue weighted by Gasteiger charge is 2.35. The van der Waals surface area contributed by atoms with E-state index in [1.807, 2.05) is 0 Å². The van der Waals surface area contributed by atoms with Crippen LogP contribution < -0.4 is 9.47 Å². The molecule has 0 radical (unpaired) electrons. The van der Waals surface area contributed by atoms with Crippen LogP contribution in [-0.2, 0) is 9.47 Å². The van der Waals surface area contributed by atoms with Crippen LogP contribution in [0, 0.1) is 36.2 Å². The Balaban J connectivity index is 1.23. The first-order valence-corrected chi connectivity index (χ1v) is 11.5. The van der Waals surface area contributed by atoms with Crippen LogP contribution in [0.3, 0.4) is 0 Å². The van der Waals surface area contributed by atoms with E-state index in [2.05, 4.69) is 4.74 Å². The minimum Gasteiger partial charge on any atom is -0.487 e. The Morgan fingerprint density at radius 2 is 1.51 bits per heavy atom. The van der Waals surface area contributed by atoms with Gasteiger partial charge in [0.2, 0.25) is 0 Å². The predicted octanol–water partition coefficient (Wildman–Crippen LogP) is 6.65. The van der Waals surface area contributed by atoms with Crippen molar-refractivity contribution in [3.8, 4) is 11.5 Å². The summed E-state index contributed by atoms with van der Waals surface area (Å²) in [4.78, 5) is 0. The Kier molecular flexibility index (Phi) is 7.80. The zero-order valence-electron chi connectivity index (χ0n) is 19.0. The number of rotatable bonds is 6. The summed E-state index contributed by atoms with van der Waals surface area (Å²) in [6.45, 7) is 2.29. The molecule has 0 spiro atoms. The van der Waals surface area contributed by atoms with Gasteiger partial charge in [-0.3, -0.25) is 0 Å². The van der Waals surface area contributed by atoms with Gasteiger partial charge in [0.25, 0.3) is 0 Å². The second kappa shape index (κ2) is 10.7. The topological polar surface area (TPSA) is 36.9 Å². The van der Waals surface area contributed by atoms with Gasteiger partial charge in [-0.2, -0.15) is 0 Å². The summed E-state index contributed by atoms with van der Waals surface area (Å²) >= 11 is 0. The van der Waals surface area contributed by atoms with Gasteiger partial charge in [0.15, 0.2) is 35.2 Å². The molecule has 1 saturated heterocycles. The quantitative estimate of drug-likeness (QED) is 0.413. The Labute approximate surface area is 199 Å². The zero-order valence-corrected chi connectivity index (χ0v) is 19.0. The molecule has 0 amide bonds. The molecule has 1 aliphatic heterocycles. The van der Waals surface area contributed by atoms with E-state index in [1.165, 1.54) is 18.2 Å². The average Bonchev–Trinajstić information content (AvgIpc) is 2.79. The Morgan fingerprint density at radius 3 is 2.09 bits per heavy atom. The van der Waals surface area contributed by atoms with Gasteiger partial charge in [-0.25, -0.2) is 13.2 Å². The third-order valence-electron chi connectivity index (χ3n) is 6.41. The van der Waals surface area contributed by atoms with Crippen LogP contribution in [0.4, 0.5) is 26.3 Å². The molecule has 0 aromatic heterocycles. The highest BCUT2D eigenvalue weighted by Crippen LogP contribution is 2.40. The lowest BCUT2D eigenvalue weighted by atomic mass is 9.78. The Morgan fingerprint density at radius 1 is 0.886 bits per heavy atom. The second-order valence-electron chi connectivity index (χ2n) is 9.12. The maximum Gasteiger partial charge on any atom is 0.573 e. The molecular formula is C25H26F6O4. The van der Waals surface area contributed by atoms with Crippen molar-refractivity contribution < 1.29 is 45.3 Å². The molecule has 2 aromatic rings. The SMILES string of the molecule is Cc1cc(F)c(OCC2COC(C3CCC(c4ccc(OC(F)(F)F)c(F)c4)CC3)OC2)c(F)c1. The predicted molar refractivity (Wildman–Crippen MR) is 114 cm³/mol. The van der Waals surface area contributed by atoms with Crippen LogP contribution in [-0.4, -0.2) is 32.5 Å². The molecule has 1 aliphatic carbocycles. The van der Waals surface area contributed by atoms with E-state index < -0.39 is 41.6 Å². The van der Waals surface area contributed by atoms with Crippen molar-refractivity contribution >= 4 is 0 Å². The largest absolute Gasteiger partial charge is 0.573 e. The van der Waals surface area contributed by atoms with Gasteiger partial charge in [-0.15, -0.1) is 13.2 Å². The lowest BCUT2D eigenvalue weighted by Crippen LogP contribution is -2.40. The van der Waals surface area contributed by atoms with E-state index >= 15 is 0 Å². The first-order valence-electron chi connectivity index (χ1n) is 11.5. The molecule has 4 nitrogen and oxygen atoms in total. The van der Waals surface area contributed by atoms with E-state index in [-0.39, 0.29) is 24.4 Å². The van der Waals surface area contributed by atoms with Gasteiger partial charge < -0.3 is 18.9 Å². The molecule has 2 aromatic carbocycles. The Hall–Kier alpha value is -2.46. The fourth-order valence-electron chi connectivity index (χ4n) is 4.66. The van der Waals surface area contributed by atoms with Crippen molar-refractivity contribution in [2.45, 2.75) is 51.2 Å². The number of aryl methyl sites for hydroxylation is 1. The van der Waals surface area contributed by atoms with Crippen molar-refractivity contribution in [3.05, 3.63) is 58.9 Å². The molecule has 2 aliphatic rings. The summed E-state index contributed by atoms with van der Waals surface area (Å²) in [5, 5.41) is 0. The van der Waals surface area contributed by atoms with Crippen LogP contribution in [0.5, 0.6) is 11.5 Å². The molecule has 10 heteroatoms. The minimum absolute atomic E-state index is 0.0183. The molecule has 0 bridgehead atoms. The lowest BCUT2D eigenvalue weighted by Gasteiger charge is -2.37. The highest BCUT2D eigenvalue weighted by molar-refractivity contribution is 5.32. The van der Waals surface area contributed by atoms with Gasteiger partial charge in [0.1, 0.15) is 0 Å². The number of alkyl halides is 3. The van der Waals surface area contributed by atoms with Crippen LogP contribution in [0.15, 0.2) is 30.3 Å². The molecule has 35 heavy (non-hydrogen) atoms. The van der Waals surface area contributed by atoms with Crippen LogP contribution >= 0.6 is 0 Å². The molecule has 4 rings (SSSR count). The van der Waals surface area contributed by atoms with Gasteiger partial charge in [0.05, 0.1) is 19.8 Å². The van der Waals surface area contributed by atoms with Crippen molar-refractivity contribution in [2.24, 2.45) is 11.8 Å². The number of hydrogen-bond donors (Lipinski definition) is 0. The van der Waals surface area contributed by atoms with E-state index in [0.717, 1.165) is 25.0 Å². The number of hydrogen-bond acceptors (Lipinski definition) is 4. The van der Waals surface area contributed by atoms with Crippen LogP contribution in [0.2, 0.25) is 0 Å². The van der Waals surface area contributed by atoms with E-state index in [4.69, 9.17) is 14.2 Å². The maximum absolute atomic E-state index is 14.1. The summed E-state index contributed by atoms with van der Waals surface area (Å²) in [5.74, 6) is -3.84. The summed E-state index contributed by atoms with van der Waals surface area (Å²) in [5.41, 5.74) is 1.10. The van der Waals surface area contributed by atoms with Gasteiger partial charge in [0, 0.05) is 11.8 Å². The summed E-state index contributed by atoms with van der Waals surface area (Å²) in [6.07, 6.45) is -2.44. The number of ether oxygens (including phenoxy) is 4. The fraction of sp³-hybridized carbons (Fsp3) is 0.520. The third kappa shape index (κ3) is 6.61. The molecule has 0 atom stereocenters. The number of halogens is 6. The monoisotopic (exact) mass is 504 g/mol. The second-order valence-corrected chi connectivity index (χ2v) is 9.12. The molecule has 1 heterocycles. The van der Waals surface area contributed by atoms with Crippen LogP contribution in [0.25, 0.3) is 0 Å². The highest BCUT2D eigenvalue weighted by atomic mass is 19.4. The standard InChI is InChI=1S/C25H26F6O4/c1-14-8-20(27)23(21(28)9-14)32-11-15-12-33-24(34-13-15)17-4-2-16(3-5-17)18-6-7-22(19(26)10-18)35-25(29,30)31/h6-10,15-17,24H,2-5,11-13H2,1H3. The maximum atomic E-state index is 14.1. The van der Waals surface area contributed by atoms with Crippen molar-refractivity contribution in [2.75, 3.05) is 19.8 Å². The molecule has 0 N–H and O–H groups in total. The average molecular weight is 504 g/mol. The first kappa shape index (κ1) is 25.6. The van der Waals surface area contributed by atoms with Gasteiger partial charge in [-0.05, 0) is 73.9 Å². The zero-order chi connectivity index (χ0) is 25.2. The Bertz CT molecular complexity index is 988. The first-order chi connectivity index (χ1) is 16.6. The molecule has 0 unspecified atom stereocenters. The van der Waals surface area contributed by atoms with Crippen molar-refractivity contribution in [1.29, 1.82) is 0 Å². The van der Waals surface area contributed by atoms with Gasteiger partial charge >= 0.3 is 6.36 Å². The van der Waals surface area contributed by atoms with Crippen molar-refractivity contribution in [3.63, 3.8) is 0 Å². The van der Waals surface area contributed by atoms with E-state index in [1.54, 1.807) is 6.92 Å². The summed E-state index contributed by atoms with van der Waals surface area (Å²) < 4.78 is 99.6. The fourth-order valence-corrected chi connectivity index (χ4v) is 4.66. The van der Waals surface area contributed by atoms with Crippen LogP contribution in [0.1, 0.15) is 42.7 Å². The third-order valence-corrected chi connectivity index (χ3v) is 6.41. The lowest BCUT2D eigenvalue weighted by molar-refractivity contribution is -0.275. The molecule has 192 valence electrons. The molecular weight excluding hydrogens is 478 g/mol. The van der Waals surface area contributed by atoms with Crippen molar-refractivity contribution in [1.82, 2.24) is 0 Å². The van der Waals surface area contributed by atoms with E-state index in [9.17, 15) is 26.3 Å². The molecule has 1 saturated carbocycles. The minimum atomic E-state index is -4.95.